The van der Waals surface area contributed by atoms with Crippen molar-refractivity contribution in [2.45, 2.75) is 19.3 Å². The number of esters is 1. The molecule has 0 amide bonds. The van der Waals surface area contributed by atoms with Gasteiger partial charge in [0.15, 0.2) is 0 Å². The summed E-state index contributed by atoms with van der Waals surface area (Å²) in [6.07, 6.45) is 4.65. The topological polar surface area (TPSA) is 50.1 Å². The molecular formula is C11H14ClNO2. The van der Waals surface area contributed by atoms with Gasteiger partial charge < -0.3 is 4.74 Å². The highest BCUT2D eigenvalue weighted by molar-refractivity contribution is 6.18. The Morgan fingerprint density at radius 1 is 1.53 bits per heavy atom. The second-order valence-electron chi connectivity index (χ2n) is 2.82. The van der Waals surface area contributed by atoms with Crippen LogP contribution < -0.4 is 0 Å². The Bertz CT molecular complexity index is 279. The number of hydrogen-bond donors (Lipinski definition) is 0. The van der Waals surface area contributed by atoms with Gasteiger partial charge in [-0.3, -0.25) is 4.79 Å². The summed E-state index contributed by atoms with van der Waals surface area (Å²) in [6.45, 7) is 3.67. The highest BCUT2D eigenvalue weighted by atomic mass is 35.5. The molecule has 0 atom stereocenters. The second-order valence-corrected chi connectivity index (χ2v) is 3.13. The highest BCUT2D eigenvalue weighted by Gasteiger charge is 2.02. The largest absolute Gasteiger partial charge is 0.461 e. The number of allylic oxidation sites excluding steroid dienone is 2. The highest BCUT2D eigenvalue weighted by Crippen LogP contribution is 2.07. The number of rotatable bonds is 7. The Hall–Kier alpha value is -1.27. The molecule has 0 rings (SSSR count). The van der Waals surface area contributed by atoms with Gasteiger partial charge in [-0.05, 0) is 12.8 Å². The summed E-state index contributed by atoms with van der Waals surface area (Å²) in [4.78, 5) is 11.0. The van der Waals surface area contributed by atoms with Gasteiger partial charge in [0, 0.05) is 17.9 Å². The van der Waals surface area contributed by atoms with Gasteiger partial charge in [0.1, 0.15) is 6.61 Å². The molecule has 0 aromatic rings. The van der Waals surface area contributed by atoms with Crippen molar-refractivity contribution in [3.63, 3.8) is 0 Å². The van der Waals surface area contributed by atoms with Crippen LogP contribution in [0.15, 0.2) is 24.3 Å². The molecule has 0 aromatic carbocycles. The van der Waals surface area contributed by atoms with Crippen molar-refractivity contribution in [2.75, 3.05) is 12.5 Å². The smallest absolute Gasteiger partial charge is 0.306 e. The van der Waals surface area contributed by atoms with E-state index in [0.717, 1.165) is 0 Å². The SMILES string of the molecule is C=CCOC(=O)CCCC(C#N)=CCCl. The second kappa shape index (κ2) is 9.29. The molecule has 82 valence electrons. The Kier molecular flexibility index (Phi) is 8.50. The standard InChI is InChI=1S/C11H14ClNO2/c1-2-8-15-11(14)5-3-4-10(9-13)6-7-12/h2,6H,1,3-5,7-8H2. The predicted octanol–water partition coefficient (Wildman–Crippen LogP) is 2.57. The van der Waals surface area contributed by atoms with Crippen LogP contribution in [0.25, 0.3) is 0 Å². The number of halogens is 1. The summed E-state index contributed by atoms with van der Waals surface area (Å²) in [5, 5.41) is 8.66. The van der Waals surface area contributed by atoms with Crippen molar-refractivity contribution in [3.8, 4) is 6.07 Å². The lowest BCUT2D eigenvalue weighted by Gasteiger charge is -2.01. The van der Waals surface area contributed by atoms with E-state index in [9.17, 15) is 4.79 Å². The van der Waals surface area contributed by atoms with Crippen LogP contribution in [0, 0.1) is 11.3 Å². The normalized spacial score (nSPS) is 10.5. The van der Waals surface area contributed by atoms with E-state index in [1.807, 2.05) is 6.07 Å². The first kappa shape index (κ1) is 13.7. The minimum atomic E-state index is -0.266. The molecule has 3 nitrogen and oxygen atoms in total. The monoisotopic (exact) mass is 227 g/mol. The number of ether oxygens (including phenoxy) is 1. The molecule has 0 spiro atoms. The number of carbonyl (C=O) groups excluding carboxylic acids is 1. The van der Waals surface area contributed by atoms with E-state index in [0.29, 0.717) is 30.7 Å². The fourth-order valence-electron chi connectivity index (χ4n) is 0.944. The maximum Gasteiger partial charge on any atom is 0.306 e. The first-order chi connectivity index (χ1) is 7.24. The van der Waals surface area contributed by atoms with Crippen molar-refractivity contribution in [1.29, 1.82) is 5.26 Å². The van der Waals surface area contributed by atoms with Crippen molar-refractivity contribution in [1.82, 2.24) is 0 Å². The summed E-state index contributed by atoms with van der Waals surface area (Å²) in [5.74, 6) is 0.0575. The van der Waals surface area contributed by atoms with Crippen LogP contribution in [0.2, 0.25) is 0 Å². The van der Waals surface area contributed by atoms with Gasteiger partial charge in [-0.1, -0.05) is 18.7 Å². The van der Waals surface area contributed by atoms with Gasteiger partial charge in [0.05, 0.1) is 6.07 Å². The maximum absolute atomic E-state index is 11.0. The van der Waals surface area contributed by atoms with Crippen molar-refractivity contribution >= 4 is 17.6 Å². The lowest BCUT2D eigenvalue weighted by atomic mass is 10.1. The van der Waals surface area contributed by atoms with E-state index in [4.69, 9.17) is 21.6 Å². The molecular weight excluding hydrogens is 214 g/mol. The fraction of sp³-hybridized carbons (Fsp3) is 0.455. The molecule has 0 radical (unpaired) electrons. The summed E-state index contributed by atoms with van der Waals surface area (Å²) in [6, 6.07) is 2.03. The minimum Gasteiger partial charge on any atom is -0.461 e. The van der Waals surface area contributed by atoms with Crippen LogP contribution >= 0.6 is 11.6 Å². The maximum atomic E-state index is 11.0. The first-order valence-electron chi connectivity index (χ1n) is 4.66. The van der Waals surface area contributed by atoms with E-state index >= 15 is 0 Å². The van der Waals surface area contributed by atoms with E-state index < -0.39 is 0 Å². The summed E-state index contributed by atoms with van der Waals surface area (Å²) < 4.78 is 4.78. The van der Waals surface area contributed by atoms with Crippen LogP contribution in [-0.2, 0) is 9.53 Å². The average molecular weight is 228 g/mol. The Morgan fingerprint density at radius 3 is 2.80 bits per heavy atom. The zero-order chi connectivity index (χ0) is 11.5. The van der Waals surface area contributed by atoms with Crippen LogP contribution in [-0.4, -0.2) is 18.5 Å². The number of hydrogen-bond acceptors (Lipinski definition) is 3. The molecule has 0 aliphatic carbocycles. The third-order valence-electron chi connectivity index (χ3n) is 1.66. The third kappa shape index (κ3) is 7.77. The van der Waals surface area contributed by atoms with Gasteiger partial charge in [-0.25, -0.2) is 0 Å². The number of alkyl halides is 1. The molecule has 0 aromatic heterocycles. The molecule has 0 aliphatic rings. The Labute approximate surface area is 95.0 Å². The number of nitrogens with zero attached hydrogens (tertiary/aromatic N) is 1. The molecule has 0 fully saturated rings. The molecule has 0 N–H and O–H groups in total. The van der Waals surface area contributed by atoms with Crippen LogP contribution in [0.4, 0.5) is 0 Å². The molecule has 0 heterocycles. The fourth-order valence-corrected chi connectivity index (χ4v) is 1.13. The van der Waals surface area contributed by atoms with Gasteiger partial charge in [0.25, 0.3) is 0 Å². The lowest BCUT2D eigenvalue weighted by Crippen LogP contribution is -2.03. The summed E-state index contributed by atoms with van der Waals surface area (Å²) in [7, 11) is 0. The lowest BCUT2D eigenvalue weighted by molar-refractivity contribution is -0.142. The molecule has 15 heavy (non-hydrogen) atoms. The molecule has 4 heteroatoms. The van der Waals surface area contributed by atoms with Crippen LogP contribution in [0.5, 0.6) is 0 Å². The summed E-state index contributed by atoms with van der Waals surface area (Å²) in [5.41, 5.74) is 0.613. The number of carbonyl (C=O) groups is 1. The molecule has 0 saturated carbocycles. The Balaban J connectivity index is 3.69. The third-order valence-corrected chi connectivity index (χ3v) is 1.81. The zero-order valence-corrected chi connectivity index (χ0v) is 9.29. The van der Waals surface area contributed by atoms with E-state index in [1.54, 1.807) is 6.08 Å². The minimum absolute atomic E-state index is 0.238. The van der Waals surface area contributed by atoms with Crippen molar-refractivity contribution < 1.29 is 9.53 Å². The van der Waals surface area contributed by atoms with E-state index in [2.05, 4.69) is 6.58 Å². The average Bonchev–Trinajstić information content (AvgIpc) is 2.25. The number of nitriles is 1. The Morgan fingerprint density at radius 2 is 2.27 bits per heavy atom. The molecule has 0 unspecified atom stereocenters. The van der Waals surface area contributed by atoms with Gasteiger partial charge in [-0.15, -0.1) is 11.6 Å². The van der Waals surface area contributed by atoms with Crippen LogP contribution in [0.3, 0.4) is 0 Å². The van der Waals surface area contributed by atoms with Gasteiger partial charge in [-0.2, -0.15) is 5.26 Å². The first-order valence-corrected chi connectivity index (χ1v) is 5.19. The summed E-state index contributed by atoms with van der Waals surface area (Å²) >= 11 is 5.45. The molecule has 0 aliphatic heterocycles. The zero-order valence-electron chi connectivity index (χ0n) is 8.54. The van der Waals surface area contributed by atoms with Crippen molar-refractivity contribution in [2.24, 2.45) is 0 Å². The van der Waals surface area contributed by atoms with Gasteiger partial charge >= 0.3 is 5.97 Å². The van der Waals surface area contributed by atoms with Crippen molar-refractivity contribution in [3.05, 3.63) is 24.3 Å². The molecule has 0 saturated heterocycles. The van der Waals surface area contributed by atoms with E-state index in [1.165, 1.54) is 6.08 Å². The molecule has 0 bridgehead atoms. The van der Waals surface area contributed by atoms with Gasteiger partial charge in [0.2, 0.25) is 0 Å². The van der Waals surface area contributed by atoms with Crippen LogP contribution in [0.1, 0.15) is 19.3 Å². The van der Waals surface area contributed by atoms with E-state index in [-0.39, 0.29) is 12.6 Å². The quantitative estimate of drug-likeness (QED) is 0.291. The predicted molar refractivity (Wildman–Crippen MR) is 59.4 cm³/mol.